The van der Waals surface area contributed by atoms with Gasteiger partial charge in [0.1, 0.15) is 17.6 Å². The molecule has 2 amide bonds. The van der Waals surface area contributed by atoms with Gasteiger partial charge in [0.05, 0.1) is 30.5 Å². The van der Waals surface area contributed by atoms with E-state index in [-0.39, 0.29) is 17.9 Å². The molecule has 1 aliphatic rings. The predicted molar refractivity (Wildman–Crippen MR) is 138 cm³/mol. The Hall–Kier alpha value is -4.35. The molecule has 2 N–H and O–H groups in total. The van der Waals surface area contributed by atoms with Crippen LogP contribution in [0.5, 0.6) is 11.5 Å². The van der Waals surface area contributed by atoms with E-state index in [4.69, 9.17) is 21.1 Å². The number of anilines is 1. The molecule has 0 unspecified atom stereocenters. The summed E-state index contributed by atoms with van der Waals surface area (Å²) < 4.78 is 10.8. The summed E-state index contributed by atoms with van der Waals surface area (Å²) in [6, 6.07) is 13.7. The Bertz CT molecular complexity index is 1410. The van der Waals surface area contributed by atoms with E-state index in [9.17, 15) is 14.9 Å². The topological polar surface area (TPSA) is 113 Å². The van der Waals surface area contributed by atoms with E-state index in [0.717, 1.165) is 16.5 Å². The van der Waals surface area contributed by atoms with Gasteiger partial charge in [0, 0.05) is 35.6 Å². The van der Waals surface area contributed by atoms with Gasteiger partial charge in [0.15, 0.2) is 5.78 Å². The fourth-order valence-electron chi connectivity index (χ4n) is 3.76. The lowest BCUT2D eigenvalue weighted by Gasteiger charge is -2.17. The normalized spacial score (nSPS) is 12.9. The average Bonchev–Trinajstić information content (AvgIpc) is 2.89. The molecule has 1 heterocycles. The highest BCUT2D eigenvalue weighted by Gasteiger charge is 2.21. The van der Waals surface area contributed by atoms with Gasteiger partial charge in [-0.15, -0.1) is 11.6 Å². The van der Waals surface area contributed by atoms with Gasteiger partial charge in [0.25, 0.3) is 0 Å². The molecule has 0 saturated carbocycles. The number of carbonyl (C=O) groups is 2. The Morgan fingerprint density at radius 2 is 1.97 bits per heavy atom. The highest BCUT2D eigenvalue weighted by atomic mass is 35.5. The molecule has 1 aromatic heterocycles. The van der Waals surface area contributed by atoms with E-state index in [1.165, 1.54) is 0 Å². The van der Waals surface area contributed by atoms with Crippen LogP contribution in [0.3, 0.4) is 0 Å². The van der Waals surface area contributed by atoms with Gasteiger partial charge in [-0.2, -0.15) is 5.26 Å². The third-order valence-corrected chi connectivity index (χ3v) is 5.81. The maximum absolute atomic E-state index is 12.8. The Balaban J connectivity index is 1.54. The number of methoxy groups -OCH3 is 1. The number of amides is 2. The second-order valence-electron chi connectivity index (χ2n) is 7.91. The third-order valence-electron chi connectivity index (χ3n) is 5.54. The summed E-state index contributed by atoms with van der Waals surface area (Å²) in [5.41, 5.74) is 3.32. The molecule has 0 aliphatic heterocycles. The van der Waals surface area contributed by atoms with Crippen molar-refractivity contribution in [2.45, 2.75) is 12.8 Å². The number of rotatable bonds is 8. The summed E-state index contributed by atoms with van der Waals surface area (Å²) in [6.45, 7) is 0.398. The van der Waals surface area contributed by atoms with E-state index >= 15 is 0 Å². The first kappa shape index (κ1) is 24.8. The van der Waals surface area contributed by atoms with Crippen molar-refractivity contribution in [2.24, 2.45) is 0 Å². The summed E-state index contributed by atoms with van der Waals surface area (Å²) in [7, 11) is 1.56. The zero-order valence-corrected chi connectivity index (χ0v) is 20.3. The number of Topliss-reactive ketones (excluding diaryl/α,β-unsaturated/α-hetero) is 1. The second-order valence-corrected chi connectivity index (χ2v) is 8.28. The van der Waals surface area contributed by atoms with Crippen molar-refractivity contribution in [3.8, 4) is 17.6 Å². The summed E-state index contributed by atoms with van der Waals surface area (Å²) in [5, 5.41) is 15.7. The van der Waals surface area contributed by atoms with Crippen LogP contribution in [0.4, 0.5) is 10.5 Å². The average molecular weight is 503 g/mol. The SMILES string of the molecule is COc1ccc(NC(=O)NC2=CC=C(c3ccnc4cc(OCCCCl)c(C#N)cc34)CC2=O)cc1. The molecule has 0 spiro atoms. The molecule has 3 aromatic rings. The number of nitrogens with zero attached hydrogens (tertiary/aromatic N) is 2. The second kappa shape index (κ2) is 11.4. The van der Waals surface area contributed by atoms with E-state index < -0.39 is 6.03 Å². The molecule has 0 atom stereocenters. The monoisotopic (exact) mass is 502 g/mol. The maximum Gasteiger partial charge on any atom is 0.323 e. The zero-order chi connectivity index (χ0) is 25.5. The highest BCUT2D eigenvalue weighted by Crippen LogP contribution is 2.33. The number of fused-ring (bicyclic) bond motifs is 1. The van der Waals surface area contributed by atoms with Crippen LogP contribution in [0.25, 0.3) is 16.5 Å². The van der Waals surface area contributed by atoms with Crippen molar-refractivity contribution in [2.75, 3.05) is 24.9 Å². The zero-order valence-electron chi connectivity index (χ0n) is 19.5. The number of alkyl halides is 1. The van der Waals surface area contributed by atoms with Crippen molar-refractivity contribution in [1.29, 1.82) is 5.26 Å². The molecular weight excluding hydrogens is 480 g/mol. The fraction of sp³-hybridized carbons (Fsp3) is 0.185. The number of nitriles is 1. The molecule has 36 heavy (non-hydrogen) atoms. The van der Waals surface area contributed by atoms with E-state index in [2.05, 4.69) is 21.7 Å². The van der Waals surface area contributed by atoms with Crippen LogP contribution >= 0.6 is 11.6 Å². The van der Waals surface area contributed by atoms with Crippen LogP contribution < -0.4 is 20.1 Å². The van der Waals surface area contributed by atoms with Crippen molar-refractivity contribution < 1.29 is 19.1 Å². The molecule has 4 rings (SSSR count). The molecule has 2 aromatic carbocycles. The first-order valence-electron chi connectivity index (χ1n) is 11.2. The molecule has 0 bridgehead atoms. The smallest absolute Gasteiger partial charge is 0.323 e. The van der Waals surface area contributed by atoms with Crippen LogP contribution in [-0.2, 0) is 4.79 Å². The van der Waals surface area contributed by atoms with E-state index in [0.29, 0.717) is 47.2 Å². The molecule has 1 aliphatic carbocycles. The Labute approximate surface area is 213 Å². The van der Waals surface area contributed by atoms with Gasteiger partial charge in [-0.25, -0.2) is 4.79 Å². The molecule has 0 saturated heterocycles. The number of benzene rings is 2. The van der Waals surface area contributed by atoms with E-state index in [1.807, 2.05) is 0 Å². The van der Waals surface area contributed by atoms with Crippen LogP contribution in [-0.4, -0.2) is 36.4 Å². The van der Waals surface area contributed by atoms with Gasteiger partial charge in [-0.1, -0.05) is 6.08 Å². The number of ether oxygens (including phenoxy) is 2. The number of urea groups is 1. The number of hydrogen-bond donors (Lipinski definition) is 2. The lowest BCUT2D eigenvalue weighted by atomic mass is 9.92. The number of hydrogen-bond acceptors (Lipinski definition) is 6. The molecule has 0 fully saturated rings. The minimum atomic E-state index is -0.522. The van der Waals surface area contributed by atoms with E-state index in [1.54, 1.807) is 67.9 Å². The van der Waals surface area contributed by atoms with Crippen molar-refractivity contribution >= 4 is 45.6 Å². The Morgan fingerprint density at radius 1 is 1.17 bits per heavy atom. The molecular formula is C27H23ClN4O4. The maximum atomic E-state index is 12.8. The van der Waals surface area contributed by atoms with Crippen LogP contribution in [0.2, 0.25) is 0 Å². The molecule has 182 valence electrons. The summed E-state index contributed by atoms with van der Waals surface area (Å²) in [6.07, 6.45) is 5.76. The van der Waals surface area contributed by atoms with Crippen LogP contribution in [0, 0.1) is 11.3 Å². The lowest BCUT2D eigenvalue weighted by molar-refractivity contribution is -0.115. The number of halogens is 1. The minimum Gasteiger partial charge on any atom is -0.497 e. The van der Waals surface area contributed by atoms with Crippen molar-refractivity contribution in [1.82, 2.24) is 10.3 Å². The predicted octanol–water partition coefficient (Wildman–Crippen LogP) is 5.18. The third kappa shape index (κ3) is 5.65. The molecule has 9 heteroatoms. The number of allylic oxidation sites excluding steroid dienone is 4. The first-order valence-corrected chi connectivity index (χ1v) is 11.7. The molecule has 0 radical (unpaired) electrons. The summed E-state index contributed by atoms with van der Waals surface area (Å²) in [4.78, 5) is 29.6. The standard InChI is InChI=1S/C27H23ClN4O4/c1-35-20-6-4-19(5-7-20)31-27(34)32-23-8-3-17(14-25(23)33)21-9-11-30-24-15-26(36-12-2-10-28)18(16-29)13-22(21)24/h3-9,11,13,15H,2,10,12,14H2,1H3,(H2,31,32,34). The number of aromatic nitrogens is 1. The van der Waals surface area contributed by atoms with Crippen molar-refractivity contribution in [3.63, 3.8) is 0 Å². The van der Waals surface area contributed by atoms with Gasteiger partial charge in [-0.05, 0) is 60.0 Å². The largest absolute Gasteiger partial charge is 0.497 e. The van der Waals surface area contributed by atoms with Gasteiger partial charge in [-0.3, -0.25) is 9.78 Å². The van der Waals surface area contributed by atoms with Crippen molar-refractivity contribution in [3.05, 3.63) is 77.6 Å². The number of carbonyl (C=O) groups excluding carboxylic acids is 2. The van der Waals surface area contributed by atoms with Gasteiger partial charge in [0.2, 0.25) is 0 Å². The summed E-state index contributed by atoms with van der Waals surface area (Å²) >= 11 is 5.71. The Morgan fingerprint density at radius 3 is 2.67 bits per heavy atom. The number of ketones is 1. The lowest BCUT2D eigenvalue weighted by Crippen LogP contribution is -2.32. The molecule has 8 nitrogen and oxygen atoms in total. The minimum absolute atomic E-state index is 0.0869. The highest BCUT2D eigenvalue weighted by molar-refractivity contribution is 6.17. The number of nitrogens with one attached hydrogen (secondary N) is 2. The van der Waals surface area contributed by atoms with Gasteiger partial charge >= 0.3 is 6.03 Å². The quantitative estimate of drug-likeness (QED) is 0.324. The fourth-order valence-corrected chi connectivity index (χ4v) is 3.87. The van der Waals surface area contributed by atoms with Crippen LogP contribution in [0.15, 0.2) is 66.5 Å². The number of pyridine rings is 1. The van der Waals surface area contributed by atoms with Crippen LogP contribution in [0.1, 0.15) is 24.0 Å². The summed E-state index contributed by atoms with van der Waals surface area (Å²) in [5.74, 6) is 1.35. The van der Waals surface area contributed by atoms with Gasteiger partial charge < -0.3 is 20.1 Å². The first-order chi connectivity index (χ1) is 17.5. The Kier molecular flexibility index (Phi) is 7.83.